The fourth-order valence-corrected chi connectivity index (χ4v) is 3.45. The van der Waals surface area contributed by atoms with Crippen molar-refractivity contribution in [1.82, 2.24) is 0 Å². The summed E-state index contributed by atoms with van der Waals surface area (Å²) in [7, 11) is 0. The highest BCUT2D eigenvalue weighted by atomic mass is 16.5. The number of aliphatic imine (C=N–C) groups is 1. The van der Waals surface area contributed by atoms with Gasteiger partial charge in [0.2, 0.25) is 0 Å². The SMILES string of the molecule is CCCCCCCCCCOc1ccc(C=Nc2ccc(C=CC(=O)OCC(C)CC)cc2)cc1. The van der Waals surface area contributed by atoms with E-state index < -0.39 is 0 Å². The van der Waals surface area contributed by atoms with E-state index in [2.05, 4.69) is 25.8 Å². The Morgan fingerprint density at radius 3 is 2.14 bits per heavy atom. The van der Waals surface area contributed by atoms with Crippen molar-refractivity contribution in [3.63, 3.8) is 0 Å². The van der Waals surface area contributed by atoms with Crippen LogP contribution in [-0.2, 0) is 9.53 Å². The monoisotopic (exact) mass is 477 g/mol. The summed E-state index contributed by atoms with van der Waals surface area (Å²) in [5.74, 6) is 0.981. The molecule has 0 fully saturated rings. The molecule has 0 aliphatic heterocycles. The molecular weight excluding hydrogens is 434 g/mol. The molecule has 2 aromatic rings. The number of benzene rings is 2. The Bertz CT molecular complexity index is 884. The maximum absolute atomic E-state index is 11.8. The molecule has 0 aromatic heterocycles. The molecule has 190 valence electrons. The molecule has 2 rings (SSSR count). The first kappa shape index (κ1) is 28.4. The van der Waals surface area contributed by atoms with Crippen molar-refractivity contribution >= 4 is 23.9 Å². The molecule has 0 saturated carbocycles. The Morgan fingerprint density at radius 1 is 0.857 bits per heavy atom. The van der Waals surface area contributed by atoms with E-state index in [0.717, 1.165) is 42.0 Å². The zero-order chi connectivity index (χ0) is 25.1. The van der Waals surface area contributed by atoms with Gasteiger partial charge in [-0.05, 0) is 65.9 Å². The molecule has 0 amide bonds. The molecule has 0 N–H and O–H groups in total. The van der Waals surface area contributed by atoms with Gasteiger partial charge in [0, 0.05) is 12.3 Å². The first-order valence-electron chi connectivity index (χ1n) is 13.3. The van der Waals surface area contributed by atoms with Gasteiger partial charge in [-0.25, -0.2) is 4.79 Å². The van der Waals surface area contributed by atoms with Crippen molar-refractivity contribution < 1.29 is 14.3 Å². The lowest BCUT2D eigenvalue weighted by Gasteiger charge is -2.07. The van der Waals surface area contributed by atoms with Crippen LogP contribution in [0.25, 0.3) is 6.08 Å². The number of carbonyl (C=O) groups excluding carboxylic acids is 1. The average molecular weight is 478 g/mol. The van der Waals surface area contributed by atoms with Gasteiger partial charge in [-0.1, -0.05) is 84.3 Å². The second kappa shape index (κ2) is 17.5. The Labute approximate surface area is 212 Å². The highest BCUT2D eigenvalue weighted by Gasteiger charge is 2.02. The number of esters is 1. The number of hydrogen-bond acceptors (Lipinski definition) is 4. The van der Waals surface area contributed by atoms with Crippen LogP contribution in [0.4, 0.5) is 5.69 Å². The Balaban J connectivity index is 1.69. The van der Waals surface area contributed by atoms with E-state index in [1.165, 1.54) is 51.0 Å². The van der Waals surface area contributed by atoms with Crippen LogP contribution in [0.1, 0.15) is 89.7 Å². The van der Waals surface area contributed by atoms with Crippen LogP contribution in [0.15, 0.2) is 59.6 Å². The summed E-state index contributed by atoms with van der Waals surface area (Å²) in [4.78, 5) is 16.3. The lowest BCUT2D eigenvalue weighted by Crippen LogP contribution is -2.08. The highest BCUT2D eigenvalue weighted by Crippen LogP contribution is 2.16. The minimum absolute atomic E-state index is 0.308. The van der Waals surface area contributed by atoms with E-state index in [1.807, 2.05) is 54.7 Å². The lowest BCUT2D eigenvalue weighted by molar-refractivity contribution is -0.138. The molecule has 0 spiro atoms. The van der Waals surface area contributed by atoms with Gasteiger partial charge in [-0.3, -0.25) is 4.99 Å². The molecule has 1 unspecified atom stereocenters. The van der Waals surface area contributed by atoms with Crippen molar-refractivity contribution in [2.75, 3.05) is 13.2 Å². The smallest absolute Gasteiger partial charge is 0.330 e. The zero-order valence-corrected chi connectivity index (χ0v) is 21.9. The zero-order valence-electron chi connectivity index (χ0n) is 21.9. The van der Waals surface area contributed by atoms with Crippen molar-refractivity contribution in [3.05, 3.63) is 65.7 Å². The topological polar surface area (TPSA) is 47.9 Å². The maximum Gasteiger partial charge on any atom is 0.330 e. The summed E-state index contributed by atoms with van der Waals surface area (Å²) in [6.45, 7) is 7.64. The van der Waals surface area contributed by atoms with Gasteiger partial charge in [0.05, 0.1) is 18.9 Å². The van der Waals surface area contributed by atoms with Crippen molar-refractivity contribution in [2.24, 2.45) is 10.9 Å². The normalized spacial score (nSPS) is 12.3. The molecular formula is C31H43NO3. The van der Waals surface area contributed by atoms with Crippen LogP contribution in [-0.4, -0.2) is 25.4 Å². The van der Waals surface area contributed by atoms with Crippen molar-refractivity contribution in [1.29, 1.82) is 0 Å². The highest BCUT2D eigenvalue weighted by molar-refractivity contribution is 5.87. The van der Waals surface area contributed by atoms with Crippen LogP contribution in [0.5, 0.6) is 5.75 Å². The molecule has 0 bridgehead atoms. The summed E-state index contributed by atoms with van der Waals surface area (Å²) >= 11 is 0. The number of ether oxygens (including phenoxy) is 2. The second-order valence-corrected chi connectivity index (χ2v) is 9.22. The standard InChI is InChI=1S/C31H43NO3/c1-4-6-7-8-9-10-11-12-23-34-30-20-15-28(16-21-30)24-32-29-18-13-27(14-19-29)17-22-31(33)35-25-26(3)5-2/h13-22,24,26H,4-12,23,25H2,1-3H3. The van der Waals surface area contributed by atoms with Gasteiger partial charge in [0.15, 0.2) is 0 Å². The van der Waals surface area contributed by atoms with Gasteiger partial charge >= 0.3 is 5.97 Å². The van der Waals surface area contributed by atoms with Crippen LogP contribution >= 0.6 is 0 Å². The summed E-state index contributed by atoms with van der Waals surface area (Å²) < 4.78 is 11.1. The number of nitrogens with zero attached hydrogens (tertiary/aromatic N) is 1. The van der Waals surface area contributed by atoms with Crippen LogP contribution in [0, 0.1) is 5.92 Å². The summed E-state index contributed by atoms with van der Waals surface area (Å²) in [6, 6.07) is 15.8. The summed E-state index contributed by atoms with van der Waals surface area (Å²) in [6.07, 6.45) is 16.5. The molecule has 35 heavy (non-hydrogen) atoms. The summed E-state index contributed by atoms with van der Waals surface area (Å²) in [5.41, 5.74) is 2.82. The minimum atomic E-state index is -0.308. The maximum atomic E-state index is 11.8. The Kier molecular flexibility index (Phi) is 14.2. The van der Waals surface area contributed by atoms with E-state index in [-0.39, 0.29) is 5.97 Å². The van der Waals surface area contributed by atoms with Crippen molar-refractivity contribution in [2.45, 2.75) is 78.6 Å². The quantitative estimate of drug-likeness (QED) is 0.0992. The van der Waals surface area contributed by atoms with E-state index in [9.17, 15) is 4.79 Å². The fraction of sp³-hybridized carbons (Fsp3) is 0.484. The Hall–Kier alpha value is -2.88. The van der Waals surface area contributed by atoms with Crippen molar-refractivity contribution in [3.8, 4) is 5.75 Å². The van der Waals surface area contributed by atoms with E-state index in [4.69, 9.17) is 9.47 Å². The third-order valence-electron chi connectivity index (χ3n) is 6.02. The molecule has 1 atom stereocenters. The predicted molar refractivity (Wildman–Crippen MR) is 148 cm³/mol. The first-order chi connectivity index (χ1) is 17.1. The van der Waals surface area contributed by atoms with Crippen LogP contribution in [0.3, 0.4) is 0 Å². The van der Waals surface area contributed by atoms with E-state index in [1.54, 1.807) is 6.08 Å². The molecule has 0 heterocycles. The lowest BCUT2D eigenvalue weighted by atomic mass is 10.1. The third-order valence-corrected chi connectivity index (χ3v) is 6.02. The van der Waals surface area contributed by atoms with E-state index in [0.29, 0.717) is 12.5 Å². The predicted octanol–water partition coefficient (Wildman–Crippen LogP) is 8.56. The molecule has 2 aromatic carbocycles. The average Bonchev–Trinajstić information content (AvgIpc) is 2.89. The number of rotatable bonds is 17. The molecule has 0 aliphatic carbocycles. The van der Waals surface area contributed by atoms with E-state index >= 15 is 0 Å². The van der Waals surface area contributed by atoms with Gasteiger partial charge in [-0.15, -0.1) is 0 Å². The largest absolute Gasteiger partial charge is 0.494 e. The number of hydrogen-bond donors (Lipinski definition) is 0. The first-order valence-corrected chi connectivity index (χ1v) is 13.3. The molecule has 0 saturated heterocycles. The molecule has 4 heteroatoms. The minimum Gasteiger partial charge on any atom is -0.494 e. The number of unbranched alkanes of at least 4 members (excludes halogenated alkanes) is 7. The molecule has 0 aliphatic rings. The number of carbonyl (C=O) groups is 1. The van der Waals surface area contributed by atoms with Gasteiger partial charge in [0.25, 0.3) is 0 Å². The molecule has 0 radical (unpaired) electrons. The Morgan fingerprint density at radius 2 is 1.49 bits per heavy atom. The summed E-state index contributed by atoms with van der Waals surface area (Å²) in [5, 5.41) is 0. The van der Waals surface area contributed by atoms with Gasteiger partial charge < -0.3 is 9.47 Å². The fourth-order valence-electron chi connectivity index (χ4n) is 3.45. The van der Waals surface area contributed by atoms with Crippen LogP contribution < -0.4 is 4.74 Å². The second-order valence-electron chi connectivity index (χ2n) is 9.22. The van der Waals surface area contributed by atoms with Crippen LogP contribution in [0.2, 0.25) is 0 Å². The molecule has 4 nitrogen and oxygen atoms in total. The van der Waals surface area contributed by atoms with Gasteiger partial charge in [-0.2, -0.15) is 0 Å². The van der Waals surface area contributed by atoms with Gasteiger partial charge in [0.1, 0.15) is 5.75 Å². The third kappa shape index (κ3) is 13.0.